The number of aromatic nitrogens is 1. The normalized spacial score (nSPS) is 19.7. The van der Waals surface area contributed by atoms with E-state index >= 15 is 0 Å². The average Bonchev–Trinajstić information content (AvgIpc) is 2.39. The molecule has 2 rings (SSSR count). The van der Waals surface area contributed by atoms with Gasteiger partial charge in [0.15, 0.2) is 0 Å². The molecule has 0 bridgehead atoms. The van der Waals surface area contributed by atoms with Gasteiger partial charge in [0.25, 0.3) is 5.91 Å². The van der Waals surface area contributed by atoms with Crippen LogP contribution in [0.5, 0.6) is 0 Å². The molecule has 18 heavy (non-hydrogen) atoms. The number of hydrogen-bond donors (Lipinski definition) is 1. The Morgan fingerprint density at radius 1 is 1.61 bits per heavy atom. The minimum atomic E-state index is -0.0202. The van der Waals surface area contributed by atoms with Crippen molar-refractivity contribution in [3.05, 3.63) is 24.0 Å². The van der Waals surface area contributed by atoms with E-state index in [4.69, 9.17) is 4.74 Å². The van der Waals surface area contributed by atoms with Gasteiger partial charge in [-0.25, -0.2) is 4.98 Å². The summed E-state index contributed by atoms with van der Waals surface area (Å²) in [5.74, 6) is -0.0202. The smallest absolute Gasteiger partial charge is 0.272 e. The molecule has 1 N–H and O–H groups in total. The van der Waals surface area contributed by atoms with Gasteiger partial charge in [0.1, 0.15) is 5.69 Å². The molecule has 0 aliphatic carbocycles. The second-order valence-corrected chi connectivity index (χ2v) is 4.40. The Bertz CT molecular complexity index is 405. The predicted molar refractivity (Wildman–Crippen MR) is 69.7 cm³/mol. The number of pyridine rings is 1. The van der Waals surface area contributed by atoms with Crippen molar-refractivity contribution in [2.24, 2.45) is 0 Å². The van der Waals surface area contributed by atoms with Crippen LogP contribution in [-0.2, 0) is 4.74 Å². The molecule has 0 spiro atoms. The van der Waals surface area contributed by atoms with Gasteiger partial charge in [-0.2, -0.15) is 0 Å². The highest BCUT2D eigenvalue weighted by molar-refractivity contribution is 5.92. The summed E-state index contributed by atoms with van der Waals surface area (Å²) in [4.78, 5) is 18.2. The molecule has 2 heterocycles. The van der Waals surface area contributed by atoms with E-state index < -0.39 is 0 Å². The van der Waals surface area contributed by atoms with Crippen molar-refractivity contribution in [2.75, 3.05) is 31.6 Å². The van der Waals surface area contributed by atoms with Crippen LogP contribution >= 0.6 is 0 Å². The predicted octanol–water partition coefficient (Wildman–Crippen LogP) is 1.37. The molecule has 0 radical (unpaired) electrons. The summed E-state index contributed by atoms with van der Waals surface area (Å²) in [5, 5.41) is 3.15. The molecule has 5 nitrogen and oxygen atoms in total. The van der Waals surface area contributed by atoms with Gasteiger partial charge in [0.2, 0.25) is 0 Å². The van der Waals surface area contributed by atoms with Gasteiger partial charge in [-0.1, -0.05) is 0 Å². The minimum Gasteiger partial charge on any atom is -0.384 e. The van der Waals surface area contributed by atoms with Crippen molar-refractivity contribution >= 4 is 11.6 Å². The highest BCUT2D eigenvalue weighted by atomic mass is 16.5. The Balaban J connectivity index is 2.03. The van der Waals surface area contributed by atoms with Crippen LogP contribution in [0.4, 0.5) is 5.69 Å². The molecule has 0 aromatic carbocycles. The van der Waals surface area contributed by atoms with Gasteiger partial charge >= 0.3 is 0 Å². The fraction of sp³-hybridized carbons (Fsp3) is 0.538. The van der Waals surface area contributed by atoms with E-state index in [0.717, 1.165) is 12.2 Å². The molecule has 1 fully saturated rings. The third kappa shape index (κ3) is 2.98. The lowest BCUT2D eigenvalue weighted by Crippen LogP contribution is -2.44. The van der Waals surface area contributed by atoms with Gasteiger partial charge in [0, 0.05) is 19.6 Å². The van der Waals surface area contributed by atoms with E-state index in [1.807, 2.05) is 19.9 Å². The van der Waals surface area contributed by atoms with Gasteiger partial charge in [-0.05, 0) is 26.0 Å². The largest absolute Gasteiger partial charge is 0.384 e. The number of hydrogen-bond acceptors (Lipinski definition) is 4. The van der Waals surface area contributed by atoms with Crippen molar-refractivity contribution in [3.63, 3.8) is 0 Å². The Morgan fingerprint density at radius 3 is 3.06 bits per heavy atom. The molecule has 1 aliphatic rings. The summed E-state index contributed by atoms with van der Waals surface area (Å²) >= 11 is 0. The first kappa shape index (κ1) is 12.8. The van der Waals surface area contributed by atoms with Crippen LogP contribution in [0.25, 0.3) is 0 Å². The Morgan fingerprint density at radius 2 is 2.44 bits per heavy atom. The monoisotopic (exact) mass is 249 g/mol. The molecule has 1 atom stereocenters. The molecule has 1 unspecified atom stereocenters. The number of rotatable bonds is 3. The Kier molecular flexibility index (Phi) is 4.15. The van der Waals surface area contributed by atoms with Crippen molar-refractivity contribution in [3.8, 4) is 0 Å². The van der Waals surface area contributed by atoms with Gasteiger partial charge in [0.05, 0.1) is 24.6 Å². The summed E-state index contributed by atoms with van der Waals surface area (Å²) in [5.41, 5.74) is 1.43. The highest BCUT2D eigenvalue weighted by Crippen LogP contribution is 2.11. The Hall–Kier alpha value is -1.62. The van der Waals surface area contributed by atoms with Crippen LogP contribution in [0.15, 0.2) is 18.3 Å². The zero-order chi connectivity index (χ0) is 13.0. The van der Waals surface area contributed by atoms with E-state index in [9.17, 15) is 4.79 Å². The molecule has 0 saturated carbocycles. The first-order valence-electron chi connectivity index (χ1n) is 6.31. The SMILES string of the molecule is CCNc1ccc(C(=O)N2CCOC(C)C2)nc1. The lowest BCUT2D eigenvalue weighted by atomic mass is 10.2. The summed E-state index contributed by atoms with van der Waals surface area (Å²) in [6.45, 7) is 6.71. The topological polar surface area (TPSA) is 54.5 Å². The van der Waals surface area contributed by atoms with Crippen molar-refractivity contribution in [2.45, 2.75) is 20.0 Å². The summed E-state index contributed by atoms with van der Waals surface area (Å²) in [6, 6.07) is 3.65. The molecule has 1 amide bonds. The molecule has 5 heteroatoms. The summed E-state index contributed by atoms with van der Waals surface area (Å²) in [7, 11) is 0. The van der Waals surface area contributed by atoms with Gasteiger partial charge in [-0.15, -0.1) is 0 Å². The summed E-state index contributed by atoms with van der Waals surface area (Å²) in [6.07, 6.45) is 1.80. The van der Waals surface area contributed by atoms with Crippen LogP contribution in [-0.4, -0.2) is 48.1 Å². The Labute approximate surface area is 107 Å². The third-order valence-electron chi connectivity index (χ3n) is 2.89. The van der Waals surface area contributed by atoms with E-state index in [2.05, 4.69) is 10.3 Å². The molecule has 1 aromatic rings. The highest BCUT2D eigenvalue weighted by Gasteiger charge is 2.23. The van der Waals surface area contributed by atoms with E-state index in [-0.39, 0.29) is 12.0 Å². The number of anilines is 1. The first-order chi connectivity index (χ1) is 8.70. The number of carbonyl (C=O) groups excluding carboxylic acids is 1. The lowest BCUT2D eigenvalue weighted by Gasteiger charge is -2.30. The van der Waals surface area contributed by atoms with Crippen molar-refractivity contribution < 1.29 is 9.53 Å². The molecule has 1 aromatic heterocycles. The van der Waals surface area contributed by atoms with Crippen LogP contribution in [0.1, 0.15) is 24.3 Å². The number of nitrogens with one attached hydrogen (secondary N) is 1. The maximum atomic E-state index is 12.2. The standard InChI is InChI=1S/C13H19N3O2/c1-3-14-11-4-5-12(15-8-11)13(17)16-6-7-18-10(2)9-16/h4-5,8,10,14H,3,6-7,9H2,1-2H3. The van der Waals surface area contributed by atoms with Crippen molar-refractivity contribution in [1.82, 2.24) is 9.88 Å². The van der Waals surface area contributed by atoms with E-state index in [1.165, 1.54) is 0 Å². The maximum absolute atomic E-state index is 12.2. The molecule has 1 saturated heterocycles. The van der Waals surface area contributed by atoms with E-state index in [1.54, 1.807) is 17.2 Å². The second-order valence-electron chi connectivity index (χ2n) is 4.40. The van der Waals surface area contributed by atoms with Gasteiger partial charge in [-0.3, -0.25) is 4.79 Å². The third-order valence-corrected chi connectivity index (χ3v) is 2.89. The number of nitrogens with zero attached hydrogens (tertiary/aromatic N) is 2. The molecular formula is C13H19N3O2. The number of ether oxygens (including phenoxy) is 1. The average molecular weight is 249 g/mol. The first-order valence-corrected chi connectivity index (χ1v) is 6.31. The van der Waals surface area contributed by atoms with Crippen LogP contribution in [0.3, 0.4) is 0 Å². The molecule has 98 valence electrons. The zero-order valence-corrected chi connectivity index (χ0v) is 10.8. The zero-order valence-electron chi connectivity index (χ0n) is 10.8. The van der Waals surface area contributed by atoms with Crippen LogP contribution < -0.4 is 5.32 Å². The van der Waals surface area contributed by atoms with Crippen LogP contribution in [0, 0.1) is 0 Å². The van der Waals surface area contributed by atoms with Gasteiger partial charge < -0.3 is 15.0 Å². The van der Waals surface area contributed by atoms with E-state index in [0.29, 0.717) is 25.4 Å². The number of carbonyl (C=O) groups is 1. The second kappa shape index (κ2) is 5.82. The number of amides is 1. The molecular weight excluding hydrogens is 230 g/mol. The fourth-order valence-corrected chi connectivity index (χ4v) is 1.99. The minimum absolute atomic E-state index is 0.0202. The quantitative estimate of drug-likeness (QED) is 0.879. The maximum Gasteiger partial charge on any atom is 0.272 e. The van der Waals surface area contributed by atoms with Crippen LogP contribution in [0.2, 0.25) is 0 Å². The fourth-order valence-electron chi connectivity index (χ4n) is 1.99. The number of morpholine rings is 1. The molecule has 1 aliphatic heterocycles. The summed E-state index contributed by atoms with van der Waals surface area (Å²) < 4.78 is 5.42. The lowest BCUT2D eigenvalue weighted by molar-refractivity contribution is -0.0126. The van der Waals surface area contributed by atoms with Crippen molar-refractivity contribution in [1.29, 1.82) is 0 Å².